The minimum atomic E-state index is -0.439. The van der Waals surface area contributed by atoms with Crippen molar-refractivity contribution >= 4 is 11.5 Å². The van der Waals surface area contributed by atoms with Crippen LogP contribution in [0.25, 0.3) is 0 Å². The van der Waals surface area contributed by atoms with Crippen molar-refractivity contribution < 1.29 is 10.2 Å². The Balaban J connectivity index is 2.66. The average molecular weight is 242 g/mol. The van der Waals surface area contributed by atoms with Gasteiger partial charge in [-0.3, -0.25) is 0 Å². The van der Waals surface area contributed by atoms with Gasteiger partial charge in [0.25, 0.3) is 0 Å². The van der Waals surface area contributed by atoms with E-state index in [9.17, 15) is 10.2 Å². The zero-order valence-electron chi connectivity index (χ0n) is 10.4. The number of nitrogens with one attached hydrogen (secondary N) is 1. The summed E-state index contributed by atoms with van der Waals surface area (Å²) in [6.45, 7) is 4.65. The topological polar surface area (TPSA) is 96.3 Å². The molecule has 0 saturated carbocycles. The van der Waals surface area contributed by atoms with Gasteiger partial charge in [-0.15, -0.1) is 0 Å². The molecule has 1 aromatic rings. The summed E-state index contributed by atoms with van der Waals surface area (Å²) < 4.78 is 1.63. The molecule has 0 amide bonds. The van der Waals surface area contributed by atoms with Crippen molar-refractivity contribution in [3.63, 3.8) is 0 Å². The first-order chi connectivity index (χ1) is 8.08. The molecule has 6 nitrogen and oxygen atoms in total. The van der Waals surface area contributed by atoms with Crippen LogP contribution in [0.15, 0.2) is 6.20 Å². The first kappa shape index (κ1) is 13.8. The number of hydrogen-bond donors (Lipinski definition) is 4. The van der Waals surface area contributed by atoms with E-state index in [1.165, 1.54) is 0 Å². The van der Waals surface area contributed by atoms with E-state index < -0.39 is 12.2 Å². The third-order valence-electron chi connectivity index (χ3n) is 2.70. The van der Waals surface area contributed by atoms with Gasteiger partial charge < -0.3 is 21.3 Å². The number of nitrogens with two attached hydrogens (primary N) is 1. The average Bonchev–Trinajstić information content (AvgIpc) is 2.67. The smallest absolute Gasteiger partial charge is 0.147 e. The fourth-order valence-electron chi connectivity index (χ4n) is 1.42. The van der Waals surface area contributed by atoms with Gasteiger partial charge in [-0.05, 0) is 12.8 Å². The quantitative estimate of drug-likeness (QED) is 0.555. The lowest BCUT2D eigenvalue weighted by Gasteiger charge is -2.15. The summed E-state index contributed by atoms with van der Waals surface area (Å²) in [5.41, 5.74) is 6.30. The number of nitrogen functional groups attached to an aromatic ring is 1. The minimum Gasteiger partial charge on any atom is -0.394 e. The molecule has 5 N–H and O–H groups in total. The summed E-state index contributed by atoms with van der Waals surface area (Å²) in [7, 11) is 0. The molecular weight excluding hydrogens is 220 g/mol. The van der Waals surface area contributed by atoms with E-state index >= 15 is 0 Å². The van der Waals surface area contributed by atoms with Gasteiger partial charge in [0.2, 0.25) is 0 Å². The lowest BCUT2D eigenvalue weighted by Crippen LogP contribution is -2.23. The van der Waals surface area contributed by atoms with Crippen molar-refractivity contribution in [3.05, 3.63) is 6.20 Å². The fraction of sp³-hybridized carbons (Fsp3) is 0.727. The van der Waals surface area contributed by atoms with E-state index in [1.54, 1.807) is 10.9 Å². The molecule has 1 rings (SSSR count). The Labute approximate surface area is 101 Å². The summed E-state index contributed by atoms with van der Waals surface area (Å²) in [6, 6.07) is 0. The number of aliphatic hydroxyl groups excluding tert-OH is 2. The van der Waals surface area contributed by atoms with Crippen LogP contribution in [-0.2, 0) is 6.54 Å². The lowest BCUT2D eigenvalue weighted by molar-refractivity contribution is 0.145. The Hall–Kier alpha value is -1.27. The second-order valence-electron chi connectivity index (χ2n) is 4.14. The van der Waals surface area contributed by atoms with Crippen molar-refractivity contribution in [1.82, 2.24) is 9.78 Å². The highest BCUT2D eigenvalue weighted by atomic mass is 16.3. The van der Waals surface area contributed by atoms with Crippen molar-refractivity contribution in [2.24, 2.45) is 0 Å². The third kappa shape index (κ3) is 3.90. The van der Waals surface area contributed by atoms with Crippen molar-refractivity contribution in [3.8, 4) is 0 Å². The Morgan fingerprint density at radius 1 is 1.35 bits per heavy atom. The molecule has 0 bridgehead atoms. The molecule has 0 spiro atoms. The van der Waals surface area contributed by atoms with Crippen LogP contribution in [-0.4, -0.2) is 38.7 Å². The summed E-state index contributed by atoms with van der Waals surface area (Å²) >= 11 is 0. The fourth-order valence-corrected chi connectivity index (χ4v) is 1.42. The molecule has 0 aromatic carbocycles. The Morgan fingerprint density at radius 3 is 2.59 bits per heavy atom. The van der Waals surface area contributed by atoms with E-state index in [0.717, 1.165) is 0 Å². The highest BCUT2D eigenvalue weighted by molar-refractivity contribution is 5.60. The summed E-state index contributed by atoms with van der Waals surface area (Å²) in [5, 5.41) is 26.2. The maximum Gasteiger partial charge on any atom is 0.147 e. The van der Waals surface area contributed by atoms with E-state index in [1.807, 2.05) is 13.8 Å². The van der Waals surface area contributed by atoms with Gasteiger partial charge in [0.05, 0.1) is 30.6 Å². The molecule has 0 saturated heterocycles. The van der Waals surface area contributed by atoms with Crippen LogP contribution in [0.4, 0.5) is 11.5 Å². The van der Waals surface area contributed by atoms with E-state index in [-0.39, 0.29) is 0 Å². The summed E-state index contributed by atoms with van der Waals surface area (Å²) in [6.07, 6.45) is 2.04. The lowest BCUT2D eigenvalue weighted by atomic mass is 10.2. The predicted molar refractivity (Wildman–Crippen MR) is 67.7 cm³/mol. The van der Waals surface area contributed by atoms with Crippen LogP contribution in [0.1, 0.15) is 26.7 Å². The van der Waals surface area contributed by atoms with Gasteiger partial charge in [0.1, 0.15) is 5.82 Å². The standard InChI is InChI=1S/C11H22N4O2/c1-3-8(16)5-13-11-10(12)6-14-15(11)7-9(17)4-2/h6,8-9,13,16-17H,3-5,7,12H2,1-2H3. The van der Waals surface area contributed by atoms with Crippen LogP contribution in [0.5, 0.6) is 0 Å². The number of aromatic nitrogens is 2. The maximum absolute atomic E-state index is 9.59. The zero-order valence-corrected chi connectivity index (χ0v) is 10.4. The van der Waals surface area contributed by atoms with Crippen molar-refractivity contribution in [2.75, 3.05) is 17.6 Å². The van der Waals surface area contributed by atoms with Gasteiger partial charge >= 0.3 is 0 Å². The minimum absolute atomic E-state index is 0.401. The highest BCUT2D eigenvalue weighted by Crippen LogP contribution is 2.18. The Kier molecular flexibility index (Phi) is 5.24. The van der Waals surface area contributed by atoms with E-state index in [0.29, 0.717) is 37.4 Å². The van der Waals surface area contributed by atoms with Gasteiger partial charge in [0, 0.05) is 6.54 Å². The van der Waals surface area contributed by atoms with Gasteiger partial charge in [-0.2, -0.15) is 5.10 Å². The molecule has 98 valence electrons. The molecule has 6 heteroatoms. The number of nitrogens with zero attached hydrogens (tertiary/aromatic N) is 2. The SMILES string of the molecule is CCC(O)CNc1c(N)cnn1CC(O)CC. The molecule has 1 heterocycles. The number of hydrogen-bond acceptors (Lipinski definition) is 5. The summed E-state index contributed by atoms with van der Waals surface area (Å²) in [4.78, 5) is 0. The molecule has 17 heavy (non-hydrogen) atoms. The van der Waals surface area contributed by atoms with Crippen LogP contribution < -0.4 is 11.1 Å². The van der Waals surface area contributed by atoms with Crippen LogP contribution in [0.3, 0.4) is 0 Å². The summed E-state index contributed by atoms with van der Waals surface area (Å²) in [5.74, 6) is 0.657. The molecule has 0 fully saturated rings. The molecule has 0 radical (unpaired) electrons. The third-order valence-corrected chi connectivity index (χ3v) is 2.70. The molecule has 2 unspecified atom stereocenters. The van der Waals surface area contributed by atoms with E-state index in [2.05, 4.69) is 10.4 Å². The first-order valence-electron chi connectivity index (χ1n) is 5.99. The maximum atomic E-state index is 9.59. The van der Waals surface area contributed by atoms with Gasteiger partial charge in [-0.25, -0.2) is 4.68 Å². The highest BCUT2D eigenvalue weighted by Gasteiger charge is 2.12. The number of anilines is 2. The normalized spacial score (nSPS) is 14.6. The first-order valence-corrected chi connectivity index (χ1v) is 5.99. The molecular formula is C11H22N4O2. The predicted octanol–water partition coefficient (Wildman–Crippen LogP) is 0.419. The second-order valence-corrected chi connectivity index (χ2v) is 4.14. The van der Waals surface area contributed by atoms with Crippen LogP contribution in [0, 0.1) is 0 Å². The molecule has 0 aliphatic rings. The second kappa shape index (κ2) is 6.46. The molecule has 0 aliphatic carbocycles. The van der Waals surface area contributed by atoms with E-state index in [4.69, 9.17) is 5.73 Å². The van der Waals surface area contributed by atoms with Gasteiger partial charge in [0.15, 0.2) is 0 Å². The monoisotopic (exact) mass is 242 g/mol. The molecule has 1 aromatic heterocycles. The largest absolute Gasteiger partial charge is 0.394 e. The molecule has 0 aliphatic heterocycles. The Bertz CT molecular complexity index is 340. The molecule has 2 atom stereocenters. The van der Waals surface area contributed by atoms with Crippen molar-refractivity contribution in [2.45, 2.75) is 45.4 Å². The van der Waals surface area contributed by atoms with Crippen molar-refractivity contribution in [1.29, 1.82) is 0 Å². The number of rotatable bonds is 7. The number of aliphatic hydroxyl groups is 2. The Morgan fingerprint density at radius 2 is 2.00 bits per heavy atom. The van der Waals surface area contributed by atoms with Gasteiger partial charge in [-0.1, -0.05) is 13.8 Å². The van der Waals surface area contributed by atoms with Crippen LogP contribution >= 0.6 is 0 Å². The zero-order chi connectivity index (χ0) is 12.8. The van der Waals surface area contributed by atoms with Crippen LogP contribution in [0.2, 0.25) is 0 Å².